The van der Waals surface area contributed by atoms with Crippen LogP contribution in [0.5, 0.6) is 5.75 Å². The first-order valence-corrected chi connectivity index (χ1v) is 8.19. The SMILES string of the molecule is COc1ccc2ccccc2c1/C=N/NC(=O)CCc1ccccc1. The first-order valence-electron chi connectivity index (χ1n) is 8.19. The molecule has 0 spiro atoms. The highest BCUT2D eigenvalue weighted by Gasteiger charge is 2.06. The Hall–Kier alpha value is -3.14. The number of nitrogens with one attached hydrogen (secondary N) is 1. The van der Waals surface area contributed by atoms with Crippen molar-refractivity contribution in [3.05, 3.63) is 77.9 Å². The molecule has 0 aliphatic carbocycles. The van der Waals surface area contributed by atoms with Crippen molar-refractivity contribution in [3.63, 3.8) is 0 Å². The number of ether oxygens (including phenoxy) is 1. The Balaban J connectivity index is 1.67. The van der Waals surface area contributed by atoms with Crippen molar-refractivity contribution in [1.82, 2.24) is 5.43 Å². The number of rotatable bonds is 6. The van der Waals surface area contributed by atoms with E-state index in [9.17, 15) is 4.79 Å². The predicted molar refractivity (Wildman–Crippen MR) is 101 cm³/mol. The summed E-state index contributed by atoms with van der Waals surface area (Å²) in [6.45, 7) is 0. The van der Waals surface area contributed by atoms with Crippen LogP contribution in [0, 0.1) is 0 Å². The quantitative estimate of drug-likeness (QED) is 0.549. The first-order chi connectivity index (χ1) is 12.3. The van der Waals surface area contributed by atoms with Crippen molar-refractivity contribution in [3.8, 4) is 5.75 Å². The van der Waals surface area contributed by atoms with E-state index in [1.807, 2.05) is 66.7 Å². The highest BCUT2D eigenvalue weighted by molar-refractivity contribution is 6.02. The molecular weight excluding hydrogens is 312 g/mol. The molecule has 1 amide bonds. The van der Waals surface area contributed by atoms with E-state index in [0.29, 0.717) is 12.8 Å². The minimum atomic E-state index is -0.112. The lowest BCUT2D eigenvalue weighted by Crippen LogP contribution is -2.18. The van der Waals surface area contributed by atoms with E-state index in [4.69, 9.17) is 4.74 Å². The first kappa shape index (κ1) is 16.7. The lowest BCUT2D eigenvalue weighted by molar-refractivity contribution is -0.121. The number of nitrogens with zero attached hydrogens (tertiary/aromatic N) is 1. The van der Waals surface area contributed by atoms with Gasteiger partial charge in [-0.15, -0.1) is 0 Å². The van der Waals surface area contributed by atoms with Gasteiger partial charge in [-0.25, -0.2) is 5.43 Å². The number of amides is 1. The molecule has 0 atom stereocenters. The zero-order valence-corrected chi connectivity index (χ0v) is 14.1. The van der Waals surface area contributed by atoms with E-state index in [1.165, 1.54) is 0 Å². The zero-order valence-electron chi connectivity index (χ0n) is 14.1. The maximum Gasteiger partial charge on any atom is 0.240 e. The Morgan fingerprint density at radius 2 is 1.80 bits per heavy atom. The number of benzene rings is 3. The van der Waals surface area contributed by atoms with Crippen LogP contribution in [0.25, 0.3) is 10.8 Å². The third-order valence-corrected chi connectivity index (χ3v) is 4.02. The minimum absolute atomic E-state index is 0.112. The lowest BCUT2D eigenvalue weighted by Gasteiger charge is -2.08. The Labute approximate surface area is 147 Å². The van der Waals surface area contributed by atoms with E-state index in [2.05, 4.69) is 10.5 Å². The largest absolute Gasteiger partial charge is 0.496 e. The van der Waals surface area contributed by atoms with Crippen molar-refractivity contribution in [2.45, 2.75) is 12.8 Å². The fourth-order valence-electron chi connectivity index (χ4n) is 2.71. The van der Waals surface area contributed by atoms with Crippen LogP contribution in [0.2, 0.25) is 0 Å². The highest BCUT2D eigenvalue weighted by atomic mass is 16.5. The van der Waals surface area contributed by atoms with Crippen LogP contribution in [0.3, 0.4) is 0 Å². The molecule has 0 saturated heterocycles. The highest BCUT2D eigenvalue weighted by Crippen LogP contribution is 2.26. The van der Waals surface area contributed by atoms with Crippen LogP contribution in [0.4, 0.5) is 0 Å². The van der Waals surface area contributed by atoms with Crippen LogP contribution in [-0.2, 0) is 11.2 Å². The summed E-state index contributed by atoms with van der Waals surface area (Å²) in [4.78, 5) is 12.0. The number of methoxy groups -OCH3 is 1. The molecule has 0 bridgehead atoms. The smallest absolute Gasteiger partial charge is 0.240 e. The molecule has 126 valence electrons. The molecule has 0 aliphatic heterocycles. The van der Waals surface area contributed by atoms with Gasteiger partial charge in [-0.05, 0) is 28.8 Å². The second-order valence-corrected chi connectivity index (χ2v) is 5.68. The fourth-order valence-corrected chi connectivity index (χ4v) is 2.71. The molecule has 25 heavy (non-hydrogen) atoms. The van der Waals surface area contributed by atoms with Crippen LogP contribution >= 0.6 is 0 Å². The number of carbonyl (C=O) groups is 1. The van der Waals surface area contributed by atoms with Gasteiger partial charge < -0.3 is 4.74 Å². The minimum Gasteiger partial charge on any atom is -0.496 e. The third kappa shape index (κ3) is 4.23. The monoisotopic (exact) mass is 332 g/mol. The Bertz CT molecular complexity index is 889. The van der Waals surface area contributed by atoms with Crippen molar-refractivity contribution < 1.29 is 9.53 Å². The standard InChI is InChI=1S/C21H20N2O2/c1-25-20-13-12-17-9-5-6-10-18(17)19(20)15-22-23-21(24)14-11-16-7-3-2-4-8-16/h2-10,12-13,15H,11,14H2,1H3,(H,23,24)/b22-15+. The number of hydrogen-bond donors (Lipinski definition) is 1. The maximum absolute atomic E-state index is 12.0. The third-order valence-electron chi connectivity index (χ3n) is 4.02. The van der Waals surface area contributed by atoms with Crippen molar-refractivity contribution >= 4 is 22.9 Å². The lowest BCUT2D eigenvalue weighted by atomic mass is 10.0. The molecule has 3 aromatic carbocycles. The van der Waals surface area contributed by atoms with E-state index >= 15 is 0 Å². The molecule has 0 aliphatic rings. The second-order valence-electron chi connectivity index (χ2n) is 5.68. The van der Waals surface area contributed by atoms with Gasteiger partial charge in [-0.3, -0.25) is 4.79 Å². The molecule has 0 unspecified atom stereocenters. The molecule has 0 radical (unpaired) electrons. The molecule has 0 aromatic heterocycles. The molecule has 1 N–H and O–H groups in total. The number of hydrogen-bond acceptors (Lipinski definition) is 3. The Kier molecular flexibility index (Phi) is 5.42. The average molecular weight is 332 g/mol. The summed E-state index contributed by atoms with van der Waals surface area (Å²) in [7, 11) is 1.62. The van der Waals surface area contributed by atoms with Gasteiger partial charge in [0.15, 0.2) is 0 Å². The summed E-state index contributed by atoms with van der Waals surface area (Å²) in [6.07, 6.45) is 2.73. The summed E-state index contributed by atoms with van der Waals surface area (Å²) in [5.74, 6) is 0.611. The van der Waals surface area contributed by atoms with E-state index in [-0.39, 0.29) is 5.91 Å². The van der Waals surface area contributed by atoms with Gasteiger partial charge in [0.25, 0.3) is 0 Å². The number of hydrazone groups is 1. The molecule has 3 rings (SSSR count). The normalized spacial score (nSPS) is 10.9. The number of fused-ring (bicyclic) bond motifs is 1. The predicted octanol–water partition coefficient (Wildman–Crippen LogP) is 3.93. The summed E-state index contributed by atoms with van der Waals surface area (Å²) in [5.41, 5.74) is 4.58. The van der Waals surface area contributed by atoms with Crippen LogP contribution < -0.4 is 10.2 Å². The van der Waals surface area contributed by atoms with Crippen LogP contribution in [-0.4, -0.2) is 19.2 Å². The summed E-state index contributed by atoms with van der Waals surface area (Å²) in [5, 5.41) is 6.24. The van der Waals surface area contributed by atoms with E-state index < -0.39 is 0 Å². The van der Waals surface area contributed by atoms with Crippen molar-refractivity contribution in [1.29, 1.82) is 0 Å². The van der Waals surface area contributed by atoms with Crippen LogP contribution in [0.15, 0.2) is 71.8 Å². The van der Waals surface area contributed by atoms with Crippen LogP contribution in [0.1, 0.15) is 17.5 Å². The van der Waals surface area contributed by atoms with Crippen molar-refractivity contribution in [2.75, 3.05) is 7.11 Å². The number of carbonyl (C=O) groups excluding carboxylic acids is 1. The average Bonchev–Trinajstić information content (AvgIpc) is 2.67. The Morgan fingerprint density at radius 3 is 2.60 bits per heavy atom. The molecule has 4 heteroatoms. The van der Waals surface area contributed by atoms with Crippen molar-refractivity contribution in [2.24, 2.45) is 5.10 Å². The van der Waals surface area contributed by atoms with Gasteiger partial charge in [0.2, 0.25) is 5.91 Å². The molecule has 0 saturated carbocycles. The van der Waals surface area contributed by atoms with E-state index in [1.54, 1.807) is 13.3 Å². The second kappa shape index (κ2) is 8.11. The summed E-state index contributed by atoms with van der Waals surface area (Å²) in [6, 6.07) is 21.8. The zero-order chi connectivity index (χ0) is 17.5. The molecule has 0 fully saturated rings. The fraction of sp³-hybridized carbons (Fsp3) is 0.143. The number of aryl methyl sites for hydroxylation is 1. The van der Waals surface area contributed by atoms with E-state index in [0.717, 1.165) is 27.6 Å². The Morgan fingerprint density at radius 1 is 1.04 bits per heavy atom. The van der Waals surface area contributed by atoms with Gasteiger partial charge in [0, 0.05) is 12.0 Å². The topological polar surface area (TPSA) is 50.7 Å². The van der Waals surface area contributed by atoms with Gasteiger partial charge in [0.05, 0.1) is 13.3 Å². The summed E-state index contributed by atoms with van der Waals surface area (Å²) < 4.78 is 5.41. The molecule has 3 aromatic rings. The molecule has 4 nitrogen and oxygen atoms in total. The maximum atomic E-state index is 12.0. The van der Waals surface area contributed by atoms with Gasteiger partial charge >= 0.3 is 0 Å². The van der Waals surface area contributed by atoms with Gasteiger partial charge in [-0.1, -0.05) is 60.7 Å². The van der Waals surface area contributed by atoms with Gasteiger partial charge in [-0.2, -0.15) is 5.10 Å². The summed E-state index contributed by atoms with van der Waals surface area (Å²) >= 11 is 0. The molecular formula is C21H20N2O2. The van der Waals surface area contributed by atoms with Gasteiger partial charge in [0.1, 0.15) is 5.75 Å². The molecule has 0 heterocycles.